The summed E-state index contributed by atoms with van der Waals surface area (Å²) in [5.41, 5.74) is 6.76. The molecule has 0 saturated heterocycles. The summed E-state index contributed by atoms with van der Waals surface area (Å²) in [6, 6.07) is 7.02. The van der Waals surface area contributed by atoms with Gasteiger partial charge in [-0.3, -0.25) is 0 Å². The molecule has 0 aromatic heterocycles. The third kappa shape index (κ3) is 2.94. The quantitative estimate of drug-likeness (QED) is 0.858. The Bertz CT molecular complexity index is 425. The van der Waals surface area contributed by atoms with Crippen LogP contribution in [-0.4, -0.2) is 19.1 Å². The number of nitrogens with two attached hydrogens (primary N) is 1. The summed E-state index contributed by atoms with van der Waals surface area (Å²) < 4.78 is 13.0. The van der Waals surface area contributed by atoms with Crippen LogP contribution in [0, 0.1) is 11.7 Å². The first-order chi connectivity index (χ1) is 8.56. The number of anilines is 1. The Balaban J connectivity index is 2.11. The van der Waals surface area contributed by atoms with E-state index in [0.717, 1.165) is 24.6 Å². The van der Waals surface area contributed by atoms with Gasteiger partial charge >= 0.3 is 0 Å². The minimum atomic E-state index is -0.200. The predicted octanol–water partition coefficient (Wildman–Crippen LogP) is 2.06. The first-order valence-electron chi connectivity index (χ1n) is 6.29. The molecule has 1 atom stereocenters. The van der Waals surface area contributed by atoms with Gasteiger partial charge < -0.3 is 16.0 Å². The number of rotatable bonds is 4. The molecule has 0 unspecified atom stereocenters. The molecule has 1 aliphatic heterocycles. The molecule has 0 fully saturated rings. The van der Waals surface area contributed by atoms with E-state index in [4.69, 9.17) is 5.73 Å². The molecule has 2 rings (SSSR count). The SMILES string of the molecule is CC(C)N(C[C@H]1C=C(N)NC1)c1ccc(F)cc1. The van der Waals surface area contributed by atoms with E-state index in [0.29, 0.717) is 12.0 Å². The molecule has 1 aromatic rings. The van der Waals surface area contributed by atoms with Gasteiger partial charge in [0.2, 0.25) is 0 Å². The molecule has 1 aromatic carbocycles. The van der Waals surface area contributed by atoms with E-state index < -0.39 is 0 Å². The van der Waals surface area contributed by atoms with Crippen molar-refractivity contribution in [1.29, 1.82) is 0 Å². The van der Waals surface area contributed by atoms with Crippen LogP contribution in [-0.2, 0) is 0 Å². The fraction of sp³-hybridized carbons (Fsp3) is 0.429. The van der Waals surface area contributed by atoms with Crippen molar-refractivity contribution in [2.75, 3.05) is 18.0 Å². The fourth-order valence-electron chi connectivity index (χ4n) is 2.24. The van der Waals surface area contributed by atoms with Gasteiger partial charge in [0.15, 0.2) is 0 Å². The molecule has 3 N–H and O–H groups in total. The standard InChI is InChI=1S/C14H20FN3/c1-10(2)18(9-11-7-14(16)17-8-11)13-5-3-12(15)4-6-13/h3-7,10-11,17H,8-9,16H2,1-2H3/t11-/m0/s1. The van der Waals surface area contributed by atoms with Gasteiger partial charge in [0, 0.05) is 30.7 Å². The molecule has 1 heterocycles. The maximum Gasteiger partial charge on any atom is 0.123 e. The fourth-order valence-corrected chi connectivity index (χ4v) is 2.24. The molecule has 98 valence electrons. The van der Waals surface area contributed by atoms with E-state index in [1.165, 1.54) is 12.1 Å². The van der Waals surface area contributed by atoms with Crippen molar-refractivity contribution in [1.82, 2.24) is 5.32 Å². The zero-order valence-corrected chi connectivity index (χ0v) is 10.9. The molecule has 18 heavy (non-hydrogen) atoms. The van der Waals surface area contributed by atoms with Gasteiger partial charge in [0.1, 0.15) is 5.82 Å². The van der Waals surface area contributed by atoms with Crippen molar-refractivity contribution in [3.05, 3.63) is 42.0 Å². The van der Waals surface area contributed by atoms with Gasteiger partial charge in [-0.05, 0) is 44.2 Å². The summed E-state index contributed by atoms with van der Waals surface area (Å²) in [6.45, 7) is 6.03. The molecule has 0 bridgehead atoms. The van der Waals surface area contributed by atoms with Crippen LogP contribution in [0.3, 0.4) is 0 Å². The van der Waals surface area contributed by atoms with Crippen molar-refractivity contribution < 1.29 is 4.39 Å². The topological polar surface area (TPSA) is 41.3 Å². The van der Waals surface area contributed by atoms with Crippen LogP contribution in [0.2, 0.25) is 0 Å². The van der Waals surface area contributed by atoms with Crippen LogP contribution in [0.15, 0.2) is 36.2 Å². The van der Waals surface area contributed by atoms with Gasteiger partial charge in [-0.25, -0.2) is 4.39 Å². The van der Waals surface area contributed by atoms with Crippen molar-refractivity contribution >= 4 is 5.69 Å². The van der Waals surface area contributed by atoms with E-state index in [2.05, 4.69) is 30.1 Å². The average Bonchev–Trinajstić information content (AvgIpc) is 2.73. The lowest BCUT2D eigenvalue weighted by Crippen LogP contribution is -2.36. The normalized spacial score (nSPS) is 18.7. The lowest BCUT2D eigenvalue weighted by molar-refractivity contribution is 0.577. The molecule has 0 saturated carbocycles. The van der Waals surface area contributed by atoms with Gasteiger partial charge in [-0.1, -0.05) is 0 Å². The zero-order valence-electron chi connectivity index (χ0n) is 10.9. The van der Waals surface area contributed by atoms with Crippen LogP contribution in [0.1, 0.15) is 13.8 Å². The highest BCUT2D eigenvalue weighted by Crippen LogP contribution is 2.20. The van der Waals surface area contributed by atoms with E-state index in [1.54, 1.807) is 0 Å². The van der Waals surface area contributed by atoms with Crippen LogP contribution >= 0.6 is 0 Å². The Morgan fingerprint density at radius 1 is 1.39 bits per heavy atom. The molecule has 0 radical (unpaired) electrons. The number of benzene rings is 1. The molecule has 1 aliphatic rings. The van der Waals surface area contributed by atoms with E-state index in [-0.39, 0.29) is 5.82 Å². The van der Waals surface area contributed by atoms with Crippen molar-refractivity contribution in [2.45, 2.75) is 19.9 Å². The largest absolute Gasteiger partial charge is 0.386 e. The Kier molecular flexibility index (Phi) is 3.75. The Labute approximate surface area is 107 Å². The Morgan fingerprint density at radius 2 is 2.06 bits per heavy atom. The van der Waals surface area contributed by atoms with Crippen molar-refractivity contribution in [2.24, 2.45) is 11.7 Å². The number of hydrogen-bond acceptors (Lipinski definition) is 3. The maximum absolute atomic E-state index is 13.0. The third-order valence-corrected chi connectivity index (χ3v) is 3.20. The number of nitrogens with zero attached hydrogens (tertiary/aromatic N) is 1. The Hall–Kier alpha value is -1.71. The second kappa shape index (κ2) is 5.29. The zero-order chi connectivity index (χ0) is 13.1. The van der Waals surface area contributed by atoms with E-state index in [9.17, 15) is 4.39 Å². The minimum Gasteiger partial charge on any atom is -0.386 e. The van der Waals surface area contributed by atoms with E-state index >= 15 is 0 Å². The first kappa shape index (κ1) is 12.7. The number of nitrogens with one attached hydrogen (secondary N) is 1. The molecule has 0 spiro atoms. The average molecular weight is 249 g/mol. The second-order valence-corrected chi connectivity index (χ2v) is 4.99. The minimum absolute atomic E-state index is 0.200. The summed E-state index contributed by atoms with van der Waals surface area (Å²) in [5.74, 6) is 0.953. The molecule has 4 heteroatoms. The number of hydrogen-bond donors (Lipinski definition) is 2. The Morgan fingerprint density at radius 3 is 2.56 bits per heavy atom. The third-order valence-electron chi connectivity index (χ3n) is 3.20. The van der Waals surface area contributed by atoms with Crippen LogP contribution in [0.5, 0.6) is 0 Å². The molecular weight excluding hydrogens is 229 g/mol. The van der Waals surface area contributed by atoms with E-state index in [1.807, 2.05) is 12.1 Å². The second-order valence-electron chi connectivity index (χ2n) is 4.99. The maximum atomic E-state index is 13.0. The molecular formula is C14H20FN3. The summed E-state index contributed by atoms with van der Waals surface area (Å²) in [5, 5.41) is 3.13. The summed E-state index contributed by atoms with van der Waals surface area (Å²) >= 11 is 0. The van der Waals surface area contributed by atoms with Crippen LogP contribution in [0.25, 0.3) is 0 Å². The summed E-state index contributed by atoms with van der Waals surface area (Å²) in [7, 11) is 0. The summed E-state index contributed by atoms with van der Waals surface area (Å²) in [4.78, 5) is 2.26. The van der Waals surface area contributed by atoms with Gasteiger partial charge in [0.25, 0.3) is 0 Å². The van der Waals surface area contributed by atoms with Crippen molar-refractivity contribution in [3.63, 3.8) is 0 Å². The van der Waals surface area contributed by atoms with Gasteiger partial charge in [-0.2, -0.15) is 0 Å². The number of halogens is 1. The van der Waals surface area contributed by atoms with Gasteiger partial charge in [0.05, 0.1) is 5.82 Å². The van der Waals surface area contributed by atoms with Gasteiger partial charge in [-0.15, -0.1) is 0 Å². The highest BCUT2D eigenvalue weighted by Gasteiger charge is 2.19. The lowest BCUT2D eigenvalue weighted by Gasteiger charge is -2.31. The molecule has 0 aliphatic carbocycles. The smallest absolute Gasteiger partial charge is 0.123 e. The van der Waals surface area contributed by atoms with Crippen LogP contribution in [0.4, 0.5) is 10.1 Å². The monoisotopic (exact) mass is 249 g/mol. The molecule has 3 nitrogen and oxygen atoms in total. The predicted molar refractivity (Wildman–Crippen MR) is 72.6 cm³/mol. The highest BCUT2D eigenvalue weighted by molar-refractivity contribution is 5.47. The first-order valence-corrected chi connectivity index (χ1v) is 6.29. The summed E-state index contributed by atoms with van der Waals surface area (Å²) in [6.07, 6.45) is 2.05. The van der Waals surface area contributed by atoms with Crippen molar-refractivity contribution in [3.8, 4) is 0 Å². The lowest BCUT2D eigenvalue weighted by atomic mass is 10.1. The highest BCUT2D eigenvalue weighted by atomic mass is 19.1. The molecule has 0 amide bonds. The van der Waals surface area contributed by atoms with Crippen LogP contribution < -0.4 is 16.0 Å².